The van der Waals surface area contributed by atoms with Gasteiger partial charge in [0, 0.05) is 30.8 Å². The quantitative estimate of drug-likeness (QED) is 0.376. The standard InChI is InChI=1S/C27H27N/c1-21-22(2)27(19-24-14-8-4-9-15-24)28(20-25-16-10-5-11-17-25)26(21)18-23-12-6-3-7-13-23/h3-17H,18-20H2,1-2H3. The van der Waals surface area contributed by atoms with Crippen LogP contribution in [0, 0.1) is 13.8 Å². The summed E-state index contributed by atoms with van der Waals surface area (Å²) < 4.78 is 2.56. The van der Waals surface area contributed by atoms with Crippen LogP contribution in [0.15, 0.2) is 91.0 Å². The van der Waals surface area contributed by atoms with Gasteiger partial charge in [-0.2, -0.15) is 0 Å². The molecule has 0 atom stereocenters. The zero-order chi connectivity index (χ0) is 19.3. The maximum absolute atomic E-state index is 2.56. The van der Waals surface area contributed by atoms with Crippen LogP contribution in [0.3, 0.4) is 0 Å². The molecule has 1 heterocycles. The van der Waals surface area contributed by atoms with Crippen LogP contribution in [0.1, 0.15) is 39.2 Å². The van der Waals surface area contributed by atoms with Crippen molar-refractivity contribution >= 4 is 0 Å². The van der Waals surface area contributed by atoms with E-state index in [1.807, 2.05) is 0 Å². The number of nitrogens with zero attached hydrogens (tertiary/aromatic N) is 1. The van der Waals surface area contributed by atoms with Crippen molar-refractivity contribution in [1.82, 2.24) is 4.57 Å². The monoisotopic (exact) mass is 365 g/mol. The maximum atomic E-state index is 2.56. The van der Waals surface area contributed by atoms with Crippen LogP contribution < -0.4 is 0 Å². The van der Waals surface area contributed by atoms with Gasteiger partial charge < -0.3 is 4.57 Å². The average molecular weight is 366 g/mol. The highest BCUT2D eigenvalue weighted by Gasteiger charge is 2.18. The molecule has 0 saturated heterocycles. The van der Waals surface area contributed by atoms with Crippen LogP contribution in [-0.2, 0) is 19.4 Å². The Kier molecular flexibility index (Phi) is 5.43. The summed E-state index contributed by atoms with van der Waals surface area (Å²) in [6.07, 6.45) is 1.93. The Morgan fingerprint density at radius 1 is 0.500 bits per heavy atom. The van der Waals surface area contributed by atoms with Gasteiger partial charge in [0.2, 0.25) is 0 Å². The summed E-state index contributed by atoms with van der Waals surface area (Å²) in [7, 11) is 0. The highest BCUT2D eigenvalue weighted by Crippen LogP contribution is 2.27. The lowest BCUT2D eigenvalue weighted by atomic mass is 10.0. The van der Waals surface area contributed by atoms with E-state index < -0.39 is 0 Å². The molecule has 0 aliphatic carbocycles. The molecule has 0 N–H and O–H groups in total. The van der Waals surface area contributed by atoms with Gasteiger partial charge in [-0.15, -0.1) is 0 Å². The van der Waals surface area contributed by atoms with Crippen molar-refractivity contribution in [1.29, 1.82) is 0 Å². The zero-order valence-corrected chi connectivity index (χ0v) is 16.7. The van der Waals surface area contributed by atoms with Crippen molar-refractivity contribution < 1.29 is 0 Å². The Labute approximate surface area is 168 Å². The summed E-state index contributed by atoms with van der Waals surface area (Å²) in [5, 5.41) is 0. The fourth-order valence-corrected chi connectivity index (χ4v) is 3.99. The van der Waals surface area contributed by atoms with Crippen molar-refractivity contribution in [2.24, 2.45) is 0 Å². The fraction of sp³-hybridized carbons (Fsp3) is 0.185. The van der Waals surface area contributed by atoms with E-state index >= 15 is 0 Å². The SMILES string of the molecule is Cc1c(C)c(Cc2ccccc2)n(Cc2ccccc2)c1Cc1ccccc1. The lowest BCUT2D eigenvalue weighted by molar-refractivity contribution is 0.715. The molecule has 0 spiro atoms. The molecule has 0 unspecified atom stereocenters. The smallest absolute Gasteiger partial charge is 0.0475 e. The molecular formula is C27H27N. The third-order valence-corrected chi connectivity index (χ3v) is 5.69. The molecule has 0 saturated carbocycles. The van der Waals surface area contributed by atoms with Gasteiger partial charge in [0.1, 0.15) is 0 Å². The molecule has 0 aliphatic rings. The lowest BCUT2D eigenvalue weighted by Gasteiger charge is -2.15. The molecule has 4 aromatic rings. The molecule has 1 aromatic heterocycles. The highest BCUT2D eigenvalue weighted by atomic mass is 15.0. The third kappa shape index (κ3) is 3.94. The van der Waals surface area contributed by atoms with Crippen LogP contribution in [0.25, 0.3) is 0 Å². The largest absolute Gasteiger partial charge is 0.343 e. The molecule has 1 heteroatoms. The Bertz CT molecular complexity index is 963. The third-order valence-electron chi connectivity index (χ3n) is 5.69. The van der Waals surface area contributed by atoms with Crippen LogP contribution >= 0.6 is 0 Å². The molecule has 28 heavy (non-hydrogen) atoms. The summed E-state index contributed by atoms with van der Waals surface area (Å²) in [6, 6.07) is 32.4. The van der Waals surface area contributed by atoms with Crippen LogP contribution in [0.2, 0.25) is 0 Å². The second-order valence-electron chi connectivity index (χ2n) is 7.54. The Morgan fingerprint density at radius 2 is 0.857 bits per heavy atom. The van der Waals surface area contributed by atoms with Crippen LogP contribution in [0.5, 0.6) is 0 Å². The van der Waals surface area contributed by atoms with Gasteiger partial charge in [-0.1, -0.05) is 91.0 Å². The lowest BCUT2D eigenvalue weighted by Crippen LogP contribution is -2.10. The predicted molar refractivity (Wildman–Crippen MR) is 118 cm³/mol. The summed E-state index contributed by atoms with van der Waals surface area (Å²) in [5.41, 5.74) is 9.78. The van der Waals surface area contributed by atoms with E-state index in [4.69, 9.17) is 0 Å². The van der Waals surface area contributed by atoms with Gasteiger partial charge >= 0.3 is 0 Å². The van der Waals surface area contributed by atoms with E-state index in [-0.39, 0.29) is 0 Å². The van der Waals surface area contributed by atoms with E-state index in [0.717, 1.165) is 19.4 Å². The van der Waals surface area contributed by atoms with E-state index in [9.17, 15) is 0 Å². The van der Waals surface area contributed by atoms with Gasteiger partial charge in [-0.05, 0) is 41.7 Å². The zero-order valence-electron chi connectivity index (χ0n) is 16.7. The number of benzene rings is 3. The minimum atomic E-state index is 0.917. The van der Waals surface area contributed by atoms with Crippen molar-refractivity contribution in [3.63, 3.8) is 0 Å². The number of aromatic nitrogens is 1. The molecule has 0 fully saturated rings. The molecule has 0 aliphatic heterocycles. The summed E-state index contributed by atoms with van der Waals surface area (Å²) in [5.74, 6) is 0. The average Bonchev–Trinajstić information content (AvgIpc) is 2.95. The van der Waals surface area contributed by atoms with Gasteiger partial charge in [-0.25, -0.2) is 0 Å². The maximum Gasteiger partial charge on any atom is 0.0475 e. The first kappa shape index (κ1) is 18.3. The number of hydrogen-bond acceptors (Lipinski definition) is 0. The minimum Gasteiger partial charge on any atom is -0.343 e. The summed E-state index contributed by atoms with van der Waals surface area (Å²) in [4.78, 5) is 0. The van der Waals surface area contributed by atoms with Crippen molar-refractivity contribution in [3.05, 3.63) is 130 Å². The summed E-state index contributed by atoms with van der Waals surface area (Å²) in [6.45, 7) is 5.48. The second-order valence-corrected chi connectivity index (χ2v) is 7.54. The van der Waals surface area contributed by atoms with Crippen molar-refractivity contribution in [2.45, 2.75) is 33.2 Å². The second kappa shape index (κ2) is 8.31. The van der Waals surface area contributed by atoms with Crippen LogP contribution in [-0.4, -0.2) is 4.57 Å². The van der Waals surface area contributed by atoms with Gasteiger partial charge in [-0.3, -0.25) is 0 Å². The highest BCUT2D eigenvalue weighted by molar-refractivity contribution is 5.42. The predicted octanol–water partition coefficient (Wildman–Crippen LogP) is 6.33. The Hall–Kier alpha value is -3.06. The van der Waals surface area contributed by atoms with Crippen LogP contribution in [0.4, 0.5) is 0 Å². The normalized spacial score (nSPS) is 10.9. The first-order valence-corrected chi connectivity index (χ1v) is 10.0. The minimum absolute atomic E-state index is 0.917. The van der Waals surface area contributed by atoms with Crippen molar-refractivity contribution in [2.75, 3.05) is 0 Å². The Morgan fingerprint density at radius 3 is 1.25 bits per heavy atom. The summed E-state index contributed by atoms with van der Waals surface area (Å²) >= 11 is 0. The molecule has 0 amide bonds. The molecule has 0 radical (unpaired) electrons. The Balaban J connectivity index is 1.78. The molecule has 140 valence electrons. The number of rotatable bonds is 6. The van der Waals surface area contributed by atoms with E-state index in [1.54, 1.807) is 0 Å². The molecular weight excluding hydrogens is 338 g/mol. The fourth-order valence-electron chi connectivity index (χ4n) is 3.99. The topological polar surface area (TPSA) is 4.93 Å². The number of hydrogen-bond donors (Lipinski definition) is 0. The molecule has 4 rings (SSSR count). The first-order chi connectivity index (χ1) is 13.7. The van der Waals surface area contributed by atoms with Gasteiger partial charge in [0.05, 0.1) is 0 Å². The van der Waals surface area contributed by atoms with E-state index in [0.29, 0.717) is 0 Å². The van der Waals surface area contributed by atoms with Gasteiger partial charge in [0.15, 0.2) is 0 Å². The van der Waals surface area contributed by atoms with Gasteiger partial charge in [0.25, 0.3) is 0 Å². The molecule has 0 bridgehead atoms. The van der Waals surface area contributed by atoms with Crippen molar-refractivity contribution in [3.8, 4) is 0 Å². The van der Waals surface area contributed by atoms with E-state index in [2.05, 4.69) is 109 Å². The molecule has 1 nitrogen and oxygen atoms in total. The first-order valence-electron chi connectivity index (χ1n) is 10.0. The van der Waals surface area contributed by atoms with E-state index in [1.165, 1.54) is 39.2 Å². The molecule has 3 aromatic carbocycles.